The van der Waals surface area contributed by atoms with Crippen LogP contribution < -0.4 is 9.46 Å². The number of carbonyl (C=O) groups is 1. The summed E-state index contributed by atoms with van der Waals surface area (Å²) in [6.07, 6.45) is 5.98. The second kappa shape index (κ2) is 6.36. The number of halogens is 2. The summed E-state index contributed by atoms with van der Waals surface area (Å²) in [6.45, 7) is 0. The molecule has 0 aliphatic heterocycles. The molecule has 1 heterocycles. The lowest BCUT2D eigenvalue weighted by atomic mass is 10.2. The van der Waals surface area contributed by atoms with E-state index >= 15 is 0 Å². The van der Waals surface area contributed by atoms with Gasteiger partial charge in [0.1, 0.15) is 5.82 Å². The average molecular weight is 369 g/mol. The number of benzene rings is 1. The molecule has 1 saturated carbocycles. The molecule has 1 aromatic heterocycles. The van der Waals surface area contributed by atoms with Gasteiger partial charge in [0.15, 0.2) is 11.6 Å². The first kappa shape index (κ1) is 17.2. The zero-order valence-corrected chi connectivity index (χ0v) is 13.8. The molecule has 0 radical (unpaired) electrons. The molecule has 0 spiro atoms. The molecule has 132 valence electrons. The summed E-state index contributed by atoms with van der Waals surface area (Å²) in [4.78, 5) is 19.5. The third-order valence-electron chi connectivity index (χ3n) is 3.44. The third kappa shape index (κ3) is 4.27. The molecular weight excluding hydrogens is 356 g/mol. The Morgan fingerprint density at radius 1 is 1.20 bits per heavy atom. The van der Waals surface area contributed by atoms with Crippen LogP contribution >= 0.6 is 0 Å². The van der Waals surface area contributed by atoms with E-state index in [2.05, 4.69) is 9.97 Å². The Morgan fingerprint density at radius 3 is 2.40 bits per heavy atom. The van der Waals surface area contributed by atoms with Crippen molar-refractivity contribution in [3.63, 3.8) is 0 Å². The van der Waals surface area contributed by atoms with Crippen molar-refractivity contribution in [2.24, 2.45) is 0 Å². The maximum atomic E-state index is 14.0. The Bertz CT molecular complexity index is 929. The molecule has 1 aliphatic rings. The summed E-state index contributed by atoms with van der Waals surface area (Å²) in [6, 6.07) is 1.00. The first-order chi connectivity index (χ1) is 11.7. The number of carbonyl (C=O) groups excluding carboxylic acids is 1. The highest BCUT2D eigenvalue weighted by molar-refractivity contribution is 7.89. The fourth-order valence-electron chi connectivity index (χ4n) is 2.11. The largest absolute Gasteiger partial charge is 0.421 e. The van der Waals surface area contributed by atoms with Crippen LogP contribution in [0, 0.1) is 11.6 Å². The lowest BCUT2D eigenvalue weighted by molar-refractivity contribution is 0.0977. The van der Waals surface area contributed by atoms with Gasteiger partial charge in [-0.25, -0.2) is 31.9 Å². The number of amides is 1. The minimum Gasteiger partial charge on any atom is -0.421 e. The van der Waals surface area contributed by atoms with Crippen LogP contribution in [0.15, 0.2) is 24.5 Å². The highest BCUT2D eigenvalue weighted by Gasteiger charge is 2.24. The minimum atomic E-state index is -3.91. The number of ether oxygens (including phenoxy) is 1. The summed E-state index contributed by atoms with van der Waals surface area (Å²) >= 11 is 0. The Hall–Kier alpha value is -2.62. The van der Waals surface area contributed by atoms with Crippen LogP contribution in [0.2, 0.25) is 0 Å². The summed E-state index contributed by atoms with van der Waals surface area (Å²) in [7, 11) is -3.91. The third-order valence-corrected chi connectivity index (χ3v) is 4.00. The van der Waals surface area contributed by atoms with E-state index in [-0.39, 0.29) is 6.01 Å². The highest BCUT2D eigenvalue weighted by Crippen LogP contribution is 2.39. The average Bonchev–Trinajstić information content (AvgIpc) is 3.34. The SMILES string of the molecule is CS(=O)(=O)NC(=O)c1cc(F)c(Oc2ncc(C3CC3)cn2)cc1F. The number of aromatic nitrogens is 2. The predicted octanol–water partition coefficient (Wildman–Crippen LogP) is 2.11. The van der Waals surface area contributed by atoms with Crippen molar-refractivity contribution in [2.45, 2.75) is 18.8 Å². The molecule has 25 heavy (non-hydrogen) atoms. The maximum absolute atomic E-state index is 14.0. The summed E-state index contributed by atoms with van der Waals surface area (Å²) in [5, 5.41) is 0. The van der Waals surface area contributed by atoms with E-state index in [1.165, 1.54) is 0 Å². The van der Waals surface area contributed by atoms with Crippen LogP contribution in [0.4, 0.5) is 8.78 Å². The number of sulfonamides is 1. The van der Waals surface area contributed by atoms with Gasteiger partial charge in [-0.2, -0.15) is 0 Å². The van der Waals surface area contributed by atoms with Gasteiger partial charge in [0.25, 0.3) is 5.91 Å². The van der Waals surface area contributed by atoms with Gasteiger partial charge in [0.05, 0.1) is 11.8 Å². The van der Waals surface area contributed by atoms with Crippen LogP contribution in [0.5, 0.6) is 11.8 Å². The Labute approximate surface area is 142 Å². The van der Waals surface area contributed by atoms with Crippen molar-refractivity contribution < 1.29 is 26.7 Å². The van der Waals surface area contributed by atoms with Crippen molar-refractivity contribution in [2.75, 3.05) is 6.26 Å². The van der Waals surface area contributed by atoms with Gasteiger partial charge in [-0.05, 0) is 30.4 Å². The molecule has 1 fully saturated rings. The van der Waals surface area contributed by atoms with Crippen LogP contribution in [0.3, 0.4) is 0 Å². The molecule has 1 aliphatic carbocycles. The van der Waals surface area contributed by atoms with Crippen molar-refractivity contribution in [1.82, 2.24) is 14.7 Å². The van der Waals surface area contributed by atoms with Crippen molar-refractivity contribution in [3.05, 3.63) is 47.3 Å². The fraction of sp³-hybridized carbons (Fsp3) is 0.267. The van der Waals surface area contributed by atoms with Gasteiger partial charge in [-0.15, -0.1) is 0 Å². The molecule has 7 nitrogen and oxygen atoms in total. The minimum absolute atomic E-state index is 0.170. The summed E-state index contributed by atoms with van der Waals surface area (Å²) in [5.74, 6) is -3.57. The van der Waals surface area contributed by atoms with Crippen molar-refractivity contribution in [1.29, 1.82) is 0 Å². The van der Waals surface area contributed by atoms with E-state index in [1.54, 1.807) is 17.1 Å². The summed E-state index contributed by atoms with van der Waals surface area (Å²) in [5.41, 5.74) is 0.187. The number of hydrogen-bond acceptors (Lipinski definition) is 6. The van der Waals surface area contributed by atoms with Gasteiger partial charge in [0, 0.05) is 18.5 Å². The smallest absolute Gasteiger partial charge is 0.321 e. The normalized spacial score (nSPS) is 14.2. The van der Waals surface area contributed by atoms with E-state index in [0.717, 1.165) is 24.7 Å². The molecular formula is C15H13F2N3O4S. The van der Waals surface area contributed by atoms with Gasteiger partial charge in [-0.1, -0.05) is 0 Å². The molecule has 10 heteroatoms. The molecule has 0 unspecified atom stereocenters. The zero-order chi connectivity index (χ0) is 18.2. The van der Waals surface area contributed by atoms with E-state index in [1.807, 2.05) is 0 Å². The first-order valence-corrected chi connectivity index (χ1v) is 9.13. The van der Waals surface area contributed by atoms with Gasteiger partial charge < -0.3 is 4.74 Å². The Balaban J connectivity index is 1.80. The molecule has 3 rings (SSSR count). The highest BCUT2D eigenvalue weighted by atomic mass is 32.2. The molecule has 1 aromatic carbocycles. The van der Waals surface area contributed by atoms with Crippen LogP contribution in [0.1, 0.15) is 34.7 Å². The van der Waals surface area contributed by atoms with Crippen LogP contribution in [0.25, 0.3) is 0 Å². The van der Waals surface area contributed by atoms with Gasteiger partial charge >= 0.3 is 6.01 Å². The molecule has 2 aromatic rings. The standard InChI is InChI=1S/C15H13F2N3O4S/c1-25(22,23)20-14(21)10-4-12(17)13(5-11(10)16)24-15-18-6-9(7-19-15)8-2-3-8/h4-8H,2-3H2,1H3,(H,20,21). The molecule has 1 amide bonds. The predicted molar refractivity (Wildman–Crippen MR) is 82.7 cm³/mol. The Kier molecular flexibility index (Phi) is 4.38. The van der Waals surface area contributed by atoms with E-state index < -0.39 is 38.9 Å². The fourth-order valence-corrected chi connectivity index (χ4v) is 2.56. The number of hydrogen-bond donors (Lipinski definition) is 1. The maximum Gasteiger partial charge on any atom is 0.321 e. The van der Waals surface area contributed by atoms with Crippen molar-refractivity contribution >= 4 is 15.9 Å². The topological polar surface area (TPSA) is 98.2 Å². The van der Waals surface area contributed by atoms with Crippen LogP contribution in [-0.4, -0.2) is 30.5 Å². The first-order valence-electron chi connectivity index (χ1n) is 7.24. The molecule has 0 atom stereocenters. The van der Waals surface area contributed by atoms with E-state index in [0.29, 0.717) is 18.1 Å². The molecule has 0 bridgehead atoms. The lowest BCUT2D eigenvalue weighted by Crippen LogP contribution is -2.30. The second-order valence-corrected chi connectivity index (χ2v) is 7.39. The van der Waals surface area contributed by atoms with E-state index in [9.17, 15) is 22.0 Å². The number of nitrogens with one attached hydrogen (secondary N) is 1. The molecule has 0 saturated heterocycles. The number of nitrogens with zero attached hydrogens (tertiary/aromatic N) is 2. The zero-order valence-electron chi connectivity index (χ0n) is 13.0. The number of rotatable bonds is 5. The Morgan fingerprint density at radius 2 is 1.84 bits per heavy atom. The molecule has 1 N–H and O–H groups in total. The van der Waals surface area contributed by atoms with Crippen molar-refractivity contribution in [3.8, 4) is 11.8 Å². The van der Waals surface area contributed by atoms with E-state index in [4.69, 9.17) is 4.74 Å². The van der Waals surface area contributed by atoms with Crippen LogP contribution in [-0.2, 0) is 10.0 Å². The quantitative estimate of drug-likeness (QED) is 0.867. The summed E-state index contributed by atoms with van der Waals surface area (Å²) < 4.78 is 56.7. The lowest BCUT2D eigenvalue weighted by Gasteiger charge is -2.09. The second-order valence-electron chi connectivity index (χ2n) is 5.64. The van der Waals surface area contributed by atoms with Gasteiger partial charge in [0.2, 0.25) is 10.0 Å². The van der Waals surface area contributed by atoms with Gasteiger partial charge in [-0.3, -0.25) is 4.79 Å². The monoisotopic (exact) mass is 369 g/mol.